The van der Waals surface area contributed by atoms with E-state index in [0.29, 0.717) is 54.2 Å². The molecular weight excluding hydrogens is 1400 g/mol. The molecule has 6 aliphatic rings. The van der Waals surface area contributed by atoms with Crippen LogP contribution < -0.4 is 52.0 Å². The summed E-state index contributed by atoms with van der Waals surface area (Å²) in [6.07, 6.45) is 3.73. The van der Waals surface area contributed by atoms with Crippen LogP contribution in [0.1, 0.15) is 133 Å². The first kappa shape index (κ1) is 79.8. The number of carbonyl (C=O) groups excluding carboxylic acids is 8. The molecule has 0 aliphatic carbocycles. The number of hydrogen-bond donors (Lipinski definition) is 10. The lowest BCUT2D eigenvalue weighted by atomic mass is 9.85. The Labute approximate surface area is 639 Å². The second-order valence-electron chi connectivity index (χ2n) is 31.3. The number of rotatable bonds is 14. The van der Waals surface area contributed by atoms with Gasteiger partial charge in [-0.15, -0.1) is 10.2 Å². The zero-order chi connectivity index (χ0) is 78.6. The highest BCUT2D eigenvalue weighted by Gasteiger charge is 2.49. The van der Waals surface area contributed by atoms with Crippen LogP contribution in [0.25, 0.3) is 21.5 Å². The summed E-state index contributed by atoms with van der Waals surface area (Å²) < 4.78 is 14.1. The first-order chi connectivity index (χ1) is 52.6. The van der Waals surface area contributed by atoms with E-state index in [9.17, 15) is 24.3 Å². The third kappa shape index (κ3) is 20.2. The van der Waals surface area contributed by atoms with Gasteiger partial charge in [0.25, 0.3) is 0 Å². The lowest BCUT2D eigenvalue weighted by Gasteiger charge is -2.36. The number of ether oxygens (including phenoxy) is 2. The number of aliphatic carboxylic acids is 1. The average Bonchev–Trinajstić information content (AvgIpc) is 1.61. The van der Waals surface area contributed by atoms with Crippen molar-refractivity contribution >= 4 is 74.8 Å². The van der Waals surface area contributed by atoms with Crippen LogP contribution in [-0.4, -0.2) is 192 Å². The first-order valence-electron chi connectivity index (χ1n) is 37.6. The maximum Gasteiger partial charge on any atom is 0.326 e. The summed E-state index contributed by atoms with van der Waals surface area (Å²) in [6, 6.07) is 29.7. The van der Waals surface area contributed by atoms with Gasteiger partial charge in [-0.05, 0) is 149 Å². The third-order valence-electron chi connectivity index (χ3n) is 21.0. The molecule has 0 saturated carbocycles. The van der Waals surface area contributed by atoms with Crippen molar-refractivity contribution in [3.8, 4) is 11.5 Å². The normalized spacial score (nSPS) is 22.0. The number of fused-ring (bicyclic) bond motifs is 2. The summed E-state index contributed by atoms with van der Waals surface area (Å²) in [7, 11) is 3.28. The van der Waals surface area contributed by atoms with Crippen LogP contribution in [0.5, 0.6) is 11.5 Å². The minimum atomic E-state index is -1.47. The molecule has 582 valence electrons. The molecule has 8 aromatic rings. The van der Waals surface area contributed by atoms with Crippen molar-refractivity contribution in [2.75, 3.05) is 33.8 Å². The number of hydrogen-bond acceptors (Lipinski definition) is 18. The Kier molecular flexibility index (Phi) is 25.7. The fourth-order valence-electron chi connectivity index (χ4n) is 14.3. The molecule has 8 heterocycles. The van der Waals surface area contributed by atoms with Gasteiger partial charge in [-0.1, -0.05) is 156 Å². The Bertz CT molecular complexity index is 4580. The fraction of sp³-hybridized carbons (Fsp3) is 0.457. The van der Waals surface area contributed by atoms with E-state index in [1.165, 1.54) is 9.80 Å². The molecule has 2 aromatic heterocycles. The molecule has 10 N–H and O–H groups in total. The highest BCUT2D eigenvalue weighted by atomic mass is 16.5. The van der Waals surface area contributed by atoms with Gasteiger partial charge in [0.1, 0.15) is 66.1 Å². The van der Waals surface area contributed by atoms with Crippen LogP contribution in [0.2, 0.25) is 0 Å². The Morgan fingerprint density at radius 3 is 1.61 bits per heavy atom. The molecule has 0 spiro atoms. The van der Waals surface area contributed by atoms with E-state index >= 15 is 24.0 Å². The number of likely N-dealkylation sites (N-methyl/N-ethyl adjacent to an activating group) is 2. The van der Waals surface area contributed by atoms with Crippen molar-refractivity contribution in [1.29, 1.82) is 0 Å². The van der Waals surface area contributed by atoms with Crippen LogP contribution in [0.4, 0.5) is 0 Å². The number of tetrazole rings is 1. The van der Waals surface area contributed by atoms with E-state index < -0.39 is 131 Å². The number of amides is 8. The maximum absolute atomic E-state index is 15.4. The number of carbonyl (C=O) groups is 9. The van der Waals surface area contributed by atoms with Crippen LogP contribution in [0.3, 0.4) is 0 Å². The summed E-state index contributed by atoms with van der Waals surface area (Å²) in [5.41, 5.74) is 1.44. The van der Waals surface area contributed by atoms with E-state index in [2.05, 4.69) is 73.5 Å². The standard InChI is InChI=1S/C81H101N17O12/c1-47(82-9)71(99)88-68(80(3,4)5)77(105)96-43-53-17-15-16-34-109-60-30-24-49(25-31-60)37-62(70-91-93-94-92-70)84-73(101)63(39-51-22-28-54-18-11-13-20-56(54)35-51)86-76(104)67-42-59(45-97(67)78(106)69(81(6,7)8)89-72(100)48(2)83-10)98-44-58(90-95-98)46-110-61-32-26-50(27-33-61)38-65(79(107)108)87-74(102)64(85-75(103)66(96)41-53)40-52-23-29-55-19-12-14-21-57(55)36-52/h11-14,18-33,35-36,44,47-48,53,59,62-69,82-83H,15-17,34,37-43,45-46H2,1-10H3,(H,84,101)(H,85,103)(H,86,104)(H,87,102)(H,88,99)(H,89,100)(H,107,108)(H,91,92,93,94)/t47-,48-,53-,59-,62-,63-,64-,65-,66-,67-,68+,69+/m0/s1. The average molecular weight is 1500 g/mol. The SMILES string of the molecule is CN[C@@H](C)C(=O)N[C@H](C(=O)N1C[C@H]2CCCCOc3ccc(cc3)C[C@@H](c3nnn[nH]3)NC(=O)[C@H](Cc3ccc4ccccc4c3)NC(=O)[C@@H]3C[C@@H](CN3C(=O)[C@@H](NC(=O)[C@H](C)NC)C(C)(C)C)n3cc(nn3)COc3ccc(cc3)C[C@@H](C(=O)O)NC(=O)[C@H](Cc3ccc4ccccc4c3)NC(=O)[C@@H]1C2)C(C)(C)C. The van der Waals surface area contributed by atoms with Crippen molar-refractivity contribution in [1.82, 2.24) is 88.0 Å². The predicted octanol–water partition coefficient (Wildman–Crippen LogP) is 5.54. The minimum absolute atomic E-state index is 0.0225. The maximum atomic E-state index is 15.4. The molecule has 6 aromatic carbocycles. The molecule has 2 fully saturated rings. The van der Waals surface area contributed by atoms with Gasteiger partial charge < -0.3 is 66.9 Å². The number of H-pyrrole nitrogens is 1. The molecule has 110 heavy (non-hydrogen) atoms. The monoisotopic (exact) mass is 1500 g/mol. The summed E-state index contributed by atoms with van der Waals surface area (Å²) in [4.78, 5) is 135. The van der Waals surface area contributed by atoms with E-state index in [1.54, 1.807) is 63.1 Å². The van der Waals surface area contributed by atoms with Crippen molar-refractivity contribution < 1.29 is 57.7 Å². The van der Waals surface area contributed by atoms with Gasteiger partial charge in [-0.2, -0.15) is 0 Å². The number of aromatic amines is 1. The molecular formula is C81H101N17O12. The first-order valence-corrected chi connectivity index (χ1v) is 37.6. The summed E-state index contributed by atoms with van der Waals surface area (Å²) >= 11 is 0. The van der Waals surface area contributed by atoms with E-state index in [-0.39, 0.29) is 70.0 Å². The Balaban J connectivity index is 0.905. The summed E-state index contributed by atoms with van der Waals surface area (Å²) in [6.45, 7) is 14.7. The molecule has 29 nitrogen and oxygen atoms in total. The number of nitrogens with zero attached hydrogens (tertiary/aromatic N) is 8. The van der Waals surface area contributed by atoms with E-state index in [0.717, 1.165) is 32.7 Å². The number of likely N-dealkylation sites (tertiary alicyclic amines) is 2. The number of carboxylic acid groups (broad SMARTS) is 1. The highest BCUT2D eigenvalue weighted by Crippen LogP contribution is 2.35. The molecule has 8 amide bonds. The van der Waals surface area contributed by atoms with Gasteiger partial charge in [0.15, 0.2) is 5.82 Å². The molecule has 12 atom stereocenters. The van der Waals surface area contributed by atoms with Crippen LogP contribution >= 0.6 is 0 Å². The van der Waals surface area contributed by atoms with Gasteiger partial charge in [-0.25, -0.2) is 14.6 Å². The Morgan fingerprint density at radius 1 is 0.582 bits per heavy atom. The van der Waals surface area contributed by atoms with Crippen molar-refractivity contribution in [2.24, 2.45) is 16.7 Å². The lowest BCUT2D eigenvalue weighted by Crippen LogP contribution is -2.60. The van der Waals surface area contributed by atoms with Crippen LogP contribution in [0.15, 0.2) is 140 Å². The van der Waals surface area contributed by atoms with E-state index in [4.69, 9.17) is 9.47 Å². The van der Waals surface area contributed by atoms with Gasteiger partial charge in [0.05, 0.1) is 37.0 Å². The zero-order valence-electron chi connectivity index (χ0n) is 63.9. The molecule has 2 saturated heterocycles. The number of benzene rings is 6. The highest BCUT2D eigenvalue weighted by molar-refractivity contribution is 5.98. The Morgan fingerprint density at radius 2 is 1.09 bits per heavy atom. The predicted molar refractivity (Wildman–Crippen MR) is 410 cm³/mol. The fourth-order valence-corrected chi connectivity index (χ4v) is 14.3. The van der Waals surface area contributed by atoms with E-state index in [1.807, 2.05) is 151 Å². The smallest absolute Gasteiger partial charge is 0.326 e. The summed E-state index contributed by atoms with van der Waals surface area (Å²) in [5.74, 6) is -4.73. The van der Waals surface area contributed by atoms with Gasteiger partial charge in [-0.3, -0.25) is 38.4 Å². The van der Waals surface area contributed by atoms with Gasteiger partial charge in [0, 0.05) is 45.2 Å². The molecule has 10 bridgehead atoms. The summed E-state index contributed by atoms with van der Waals surface area (Å²) in [5, 5.41) is 61.8. The van der Waals surface area contributed by atoms with Crippen molar-refractivity contribution in [3.05, 3.63) is 173 Å². The molecule has 6 aliphatic heterocycles. The lowest BCUT2D eigenvalue weighted by molar-refractivity contribution is -0.145. The van der Waals surface area contributed by atoms with Gasteiger partial charge >= 0.3 is 5.97 Å². The minimum Gasteiger partial charge on any atom is -0.494 e. The van der Waals surface area contributed by atoms with Crippen LogP contribution in [-0.2, 0) is 75.4 Å². The number of carboxylic acids is 1. The Hall–Kier alpha value is -11.2. The largest absolute Gasteiger partial charge is 0.494 e. The number of nitrogens with one attached hydrogen (secondary N) is 9. The zero-order valence-corrected chi connectivity index (χ0v) is 63.9. The molecule has 0 radical (unpaired) electrons. The van der Waals surface area contributed by atoms with Crippen molar-refractivity contribution in [2.45, 2.75) is 186 Å². The number of aromatic nitrogens is 7. The van der Waals surface area contributed by atoms with Crippen LogP contribution in [0, 0.1) is 16.7 Å². The quantitative estimate of drug-likeness (QED) is 0.0638. The second kappa shape index (κ2) is 35.4. The molecule has 14 rings (SSSR count). The van der Waals surface area contributed by atoms with Crippen molar-refractivity contribution in [3.63, 3.8) is 0 Å². The molecule has 0 unspecified atom stereocenters. The van der Waals surface area contributed by atoms with Gasteiger partial charge in [0.2, 0.25) is 47.3 Å². The third-order valence-corrected chi connectivity index (χ3v) is 21.0. The second-order valence-corrected chi connectivity index (χ2v) is 31.3. The molecule has 29 heteroatoms. The topological polar surface area (TPSA) is 380 Å².